The van der Waals surface area contributed by atoms with Crippen LogP contribution in [-0.4, -0.2) is 13.3 Å². The first-order chi connectivity index (χ1) is 6.32. The highest BCUT2D eigenvalue weighted by atomic mass is 79.9. The van der Waals surface area contributed by atoms with Gasteiger partial charge in [0.05, 0.1) is 4.92 Å². The molecule has 1 aromatic carbocycles. The summed E-state index contributed by atoms with van der Waals surface area (Å²) < 4.78 is 22.2. The zero-order chi connectivity index (χ0) is 10.9. The molecule has 0 aliphatic carbocycles. The first-order valence-electron chi connectivity index (χ1n) is 3.21. The Balaban J connectivity index is 3.53. The average Bonchev–Trinajstić information content (AvgIpc) is 2.01. The third-order valence-electron chi connectivity index (χ3n) is 1.38. The van der Waals surface area contributed by atoms with Gasteiger partial charge >= 0.3 is 0 Å². The van der Waals surface area contributed by atoms with Gasteiger partial charge in [0.15, 0.2) is 4.90 Å². The molecule has 0 unspecified atom stereocenters. The van der Waals surface area contributed by atoms with E-state index in [2.05, 4.69) is 15.9 Å². The number of halogens is 2. The summed E-state index contributed by atoms with van der Waals surface area (Å²) >= 11 is 2.99. The Kier molecular flexibility index (Phi) is 3.13. The Morgan fingerprint density at radius 3 is 2.43 bits per heavy atom. The van der Waals surface area contributed by atoms with E-state index in [1.54, 1.807) is 0 Å². The largest absolute Gasteiger partial charge is 0.290 e. The zero-order valence-electron chi connectivity index (χ0n) is 6.48. The summed E-state index contributed by atoms with van der Waals surface area (Å²) in [4.78, 5) is 9.17. The third-order valence-corrected chi connectivity index (χ3v) is 3.24. The molecule has 0 bridgehead atoms. The summed E-state index contributed by atoms with van der Waals surface area (Å²) in [5, 5.41) is 10.5. The van der Waals surface area contributed by atoms with Gasteiger partial charge in [-0.3, -0.25) is 10.1 Å². The van der Waals surface area contributed by atoms with Gasteiger partial charge in [0.25, 0.3) is 14.7 Å². The Hall–Kier alpha value is -0.660. The van der Waals surface area contributed by atoms with Crippen molar-refractivity contribution in [1.82, 2.24) is 0 Å². The quantitative estimate of drug-likeness (QED) is 0.477. The topological polar surface area (TPSA) is 77.3 Å². The van der Waals surface area contributed by atoms with Crippen LogP contribution in [0.25, 0.3) is 0 Å². The molecule has 0 fully saturated rings. The first kappa shape index (κ1) is 11.4. The summed E-state index contributed by atoms with van der Waals surface area (Å²) in [6.45, 7) is 0. The van der Waals surface area contributed by atoms with Crippen LogP contribution in [0.5, 0.6) is 0 Å². The molecule has 0 amide bonds. The third kappa shape index (κ3) is 2.43. The second-order valence-corrected chi connectivity index (χ2v) is 5.76. The lowest BCUT2D eigenvalue weighted by molar-refractivity contribution is -0.387. The molecule has 1 rings (SSSR count). The van der Waals surface area contributed by atoms with Crippen LogP contribution in [0.3, 0.4) is 0 Å². The van der Waals surface area contributed by atoms with Gasteiger partial charge in [-0.05, 0) is 12.1 Å². The molecule has 5 nitrogen and oxygen atoms in total. The monoisotopic (exact) mass is 299 g/mol. The molecule has 0 saturated carbocycles. The first-order valence-corrected chi connectivity index (χ1v) is 6.31. The van der Waals surface area contributed by atoms with Gasteiger partial charge < -0.3 is 0 Å². The van der Waals surface area contributed by atoms with Gasteiger partial charge in [0.2, 0.25) is 0 Å². The average molecular weight is 301 g/mol. The number of benzene rings is 1. The van der Waals surface area contributed by atoms with Gasteiger partial charge in [-0.15, -0.1) is 0 Å². The minimum Gasteiger partial charge on any atom is -0.258 e. The highest BCUT2D eigenvalue weighted by Gasteiger charge is 2.23. The fourth-order valence-corrected chi connectivity index (χ4v) is 2.19. The maximum atomic E-state index is 10.9. The maximum absolute atomic E-state index is 10.9. The standard InChI is InChI=1S/C6H3BrClNO4S/c7-4-1-2-6(14(8,12)13)5(3-4)9(10)11/h1-3H. The van der Waals surface area contributed by atoms with E-state index in [-0.39, 0.29) is 0 Å². The molecule has 1 aromatic rings. The van der Waals surface area contributed by atoms with Crippen LogP contribution in [-0.2, 0) is 9.05 Å². The van der Waals surface area contributed by atoms with Gasteiger partial charge in [-0.2, -0.15) is 0 Å². The van der Waals surface area contributed by atoms with E-state index in [0.717, 1.165) is 12.1 Å². The molecule has 0 aliphatic heterocycles. The van der Waals surface area contributed by atoms with Crippen molar-refractivity contribution in [3.8, 4) is 0 Å². The van der Waals surface area contributed by atoms with Crippen LogP contribution in [0.1, 0.15) is 0 Å². The number of nitro benzene ring substituents is 1. The molecular formula is C6H3BrClNO4S. The molecule has 0 N–H and O–H groups in total. The highest BCUT2D eigenvalue weighted by Crippen LogP contribution is 2.29. The lowest BCUT2D eigenvalue weighted by Crippen LogP contribution is -1.98. The van der Waals surface area contributed by atoms with Crippen LogP contribution in [0, 0.1) is 10.1 Å². The fraction of sp³-hybridized carbons (Fsp3) is 0. The van der Waals surface area contributed by atoms with E-state index >= 15 is 0 Å². The Labute approximate surface area is 92.4 Å². The van der Waals surface area contributed by atoms with Gasteiger partial charge in [0.1, 0.15) is 0 Å². The van der Waals surface area contributed by atoms with Crippen LogP contribution in [0.2, 0.25) is 0 Å². The Morgan fingerprint density at radius 2 is 2.00 bits per heavy atom. The van der Waals surface area contributed by atoms with Gasteiger partial charge in [0, 0.05) is 21.2 Å². The molecule has 0 atom stereocenters. The van der Waals surface area contributed by atoms with Crippen molar-refractivity contribution in [2.75, 3.05) is 0 Å². The number of rotatable bonds is 2. The van der Waals surface area contributed by atoms with Crippen LogP contribution in [0.15, 0.2) is 27.6 Å². The number of nitrogens with zero attached hydrogens (tertiary/aromatic N) is 1. The van der Waals surface area contributed by atoms with E-state index in [1.807, 2.05) is 0 Å². The van der Waals surface area contributed by atoms with Crippen molar-refractivity contribution >= 4 is 41.4 Å². The second-order valence-electron chi connectivity index (χ2n) is 2.31. The van der Waals surface area contributed by atoms with Crippen LogP contribution < -0.4 is 0 Å². The molecule has 0 aliphatic rings. The molecule has 0 saturated heterocycles. The lowest BCUT2D eigenvalue weighted by atomic mass is 10.3. The molecule has 0 aromatic heterocycles. The second kappa shape index (κ2) is 3.84. The van der Waals surface area contributed by atoms with E-state index in [1.165, 1.54) is 6.07 Å². The number of hydrogen-bond donors (Lipinski definition) is 0. The molecule has 14 heavy (non-hydrogen) atoms. The summed E-state index contributed by atoms with van der Waals surface area (Å²) in [6, 6.07) is 3.52. The summed E-state index contributed by atoms with van der Waals surface area (Å²) in [5.74, 6) is 0. The van der Waals surface area contributed by atoms with Crippen molar-refractivity contribution in [1.29, 1.82) is 0 Å². The van der Waals surface area contributed by atoms with Crippen LogP contribution in [0.4, 0.5) is 5.69 Å². The minimum absolute atomic E-state index is 0.410. The summed E-state index contributed by atoms with van der Waals surface area (Å²) in [6.07, 6.45) is 0. The fourth-order valence-electron chi connectivity index (χ4n) is 0.839. The summed E-state index contributed by atoms with van der Waals surface area (Å²) in [7, 11) is 0.927. The van der Waals surface area contributed by atoms with Crippen molar-refractivity contribution in [2.24, 2.45) is 0 Å². The normalized spacial score (nSPS) is 11.3. The van der Waals surface area contributed by atoms with Crippen molar-refractivity contribution in [3.05, 3.63) is 32.8 Å². The molecule has 0 radical (unpaired) electrons. The minimum atomic E-state index is -4.09. The predicted octanol–water partition coefficient (Wildman–Crippen LogP) is 2.28. The zero-order valence-corrected chi connectivity index (χ0v) is 9.63. The van der Waals surface area contributed by atoms with Crippen molar-refractivity contribution in [3.63, 3.8) is 0 Å². The highest BCUT2D eigenvalue weighted by molar-refractivity contribution is 9.10. The van der Waals surface area contributed by atoms with Gasteiger partial charge in [-0.1, -0.05) is 15.9 Å². The van der Waals surface area contributed by atoms with Crippen LogP contribution >= 0.6 is 26.6 Å². The number of nitro groups is 1. The van der Waals surface area contributed by atoms with E-state index < -0.39 is 24.6 Å². The number of hydrogen-bond acceptors (Lipinski definition) is 4. The summed E-state index contributed by atoms with van der Waals surface area (Å²) in [5.41, 5.74) is -0.547. The predicted molar refractivity (Wildman–Crippen MR) is 53.8 cm³/mol. The molecule has 8 heteroatoms. The van der Waals surface area contributed by atoms with Crippen molar-refractivity contribution in [2.45, 2.75) is 4.90 Å². The molecule has 76 valence electrons. The molecule has 0 spiro atoms. The maximum Gasteiger partial charge on any atom is 0.290 e. The van der Waals surface area contributed by atoms with E-state index in [4.69, 9.17) is 10.7 Å². The van der Waals surface area contributed by atoms with E-state index in [9.17, 15) is 18.5 Å². The lowest BCUT2D eigenvalue weighted by Gasteiger charge is -1.98. The Bertz CT molecular complexity index is 487. The molecule has 0 heterocycles. The van der Waals surface area contributed by atoms with Crippen molar-refractivity contribution < 1.29 is 13.3 Å². The SMILES string of the molecule is O=[N+]([O-])c1cc(Br)ccc1S(=O)(=O)Cl. The van der Waals surface area contributed by atoms with Gasteiger partial charge in [-0.25, -0.2) is 8.42 Å². The Morgan fingerprint density at radius 1 is 1.43 bits per heavy atom. The molecular weight excluding hydrogens is 297 g/mol. The smallest absolute Gasteiger partial charge is 0.258 e. The van der Waals surface area contributed by atoms with E-state index in [0.29, 0.717) is 4.47 Å².